The number of nitrogens with one attached hydrogen (secondary N) is 1. The Hall–Kier alpha value is -1.14. The summed E-state index contributed by atoms with van der Waals surface area (Å²) < 4.78 is 11.0. The molecule has 0 saturated carbocycles. The van der Waals surface area contributed by atoms with Crippen molar-refractivity contribution in [3.8, 4) is 5.88 Å². The minimum absolute atomic E-state index is 0.209. The molecule has 2 heterocycles. The highest BCUT2D eigenvalue weighted by Gasteiger charge is 2.30. The van der Waals surface area contributed by atoms with Crippen LogP contribution in [0.15, 0.2) is 22.8 Å². The smallest absolute Gasteiger partial charge is 0.322 e. The van der Waals surface area contributed by atoms with Gasteiger partial charge in [-0.05, 0) is 28.4 Å². The Morgan fingerprint density at radius 1 is 1.61 bits per heavy atom. The van der Waals surface area contributed by atoms with Crippen LogP contribution < -0.4 is 10.1 Å². The molecule has 18 heavy (non-hydrogen) atoms. The number of methoxy groups -OCH3 is 1. The maximum Gasteiger partial charge on any atom is 0.322 e. The van der Waals surface area contributed by atoms with Crippen LogP contribution in [-0.2, 0) is 9.53 Å². The SMILES string of the molecule is COC(=O)[C@@H]1C[C@@H](COc2cccc(Br)n2)CN1. The Morgan fingerprint density at radius 3 is 3.17 bits per heavy atom. The van der Waals surface area contributed by atoms with Gasteiger partial charge in [0.25, 0.3) is 0 Å². The summed E-state index contributed by atoms with van der Waals surface area (Å²) in [4.78, 5) is 15.5. The van der Waals surface area contributed by atoms with Gasteiger partial charge in [-0.15, -0.1) is 0 Å². The normalized spacial score (nSPS) is 22.8. The summed E-state index contributed by atoms with van der Waals surface area (Å²) in [5.74, 6) is 0.679. The predicted octanol–water partition coefficient (Wildman–Crippen LogP) is 1.37. The number of carbonyl (C=O) groups is 1. The highest BCUT2D eigenvalue weighted by atomic mass is 79.9. The highest BCUT2D eigenvalue weighted by Crippen LogP contribution is 2.18. The first kappa shape index (κ1) is 13.3. The molecule has 1 aliphatic heterocycles. The van der Waals surface area contributed by atoms with Gasteiger partial charge in [-0.2, -0.15) is 0 Å². The number of carbonyl (C=O) groups excluding carboxylic acids is 1. The number of pyridine rings is 1. The van der Waals surface area contributed by atoms with Gasteiger partial charge < -0.3 is 14.8 Å². The van der Waals surface area contributed by atoms with Gasteiger partial charge in [-0.1, -0.05) is 6.07 Å². The van der Waals surface area contributed by atoms with Crippen LogP contribution in [-0.4, -0.2) is 37.3 Å². The van der Waals surface area contributed by atoms with Gasteiger partial charge in [-0.25, -0.2) is 4.98 Å². The molecule has 5 nitrogen and oxygen atoms in total. The first-order chi connectivity index (χ1) is 8.69. The van der Waals surface area contributed by atoms with E-state index >= 15 is 0 Å². The van der Waals surface area contributed by atoms with Crippen molar-refractivity contribution in [1.82, 2.24) is 10.3 Å². The van der Waals surface area contributed by atoms with Crippen molar-refractivity contribution in [1.29, 1.82) is 0 Å². The molecule has 2 rings (SSSR count). The predicted molar refractivity (Wildman–Crippen MR) is 69.3 cm³/mol. The van der Waals surface area contributed by atoms with Crippen molar-refractivity contribution >= 4 is 21.9 Å². The molecule has 1 fully saturated rings. The van der Waals surface area contributed by atoms with Crippen molar-refractivity contribution in [2.75, 3.05) is 20.3 Å². The van der Waals surface area contributed by atoms with E-state index in [1.165, 1.54) is 7.11 Å². The van der Waals surface area contributed by atoms with E-state index in [9.17, 15) is 4.79 Å². The van der Waals surface area contributed by atoms with Gasteiger partial charge in [-0.3, -0.25) is 4.79 Å². The van der Waals surface area contributed by atoms with Crippen molar-refractivity contribution in [2.45, 2.75) is 12.5 Å². The summed E-state index contributed by atoms with van der Waals surface area (Å²) >= 11 is 3.29. The number of esters is 1. The van der Waals surface area contributed by atoms with Crippen LogP contribution >= 0.6 is 15.9 Å². The molecule has 2 atom stereocenters. The van der Waals surface area contributed by atoms with Crippen LogP contribution in [0.2, 0.25) is 0 Å². The second kappa shape index (κ2) is 6.15. The second-order valence-corrected chi connectivity index (χ2v) is 5.01. The largest absolute Gasteiger partial charge is 0.477 e. The lowest BCUT2D eigenvalue weighted by molar-refractivity contribution is -0.142. The molecule has 0 aliphatic carbocycles. The van der Waals surface area contributed by atoms with Crippen molar-refractivity contribution in [3.05, 3.63) is 22.8 Å². The lowest BCUT2D eigenvalue weighted by atomic mass is 10.1. The van der Waals surface area contributed by atoms with Gasteiger partial charge in [0.2, 0.25) is 5.88 Å². The third kappa shape index (κ3) is 3.43. The topological polar surface area (TPSA) is 60.5 Å². The molecular weight excluding hydrogens is 300 g/mol. The molecule has 1 aliphatic rings. The van der Waals surface area contributed by atoms with Crippen molar-refractivity contribution < 1.29 is 14.3 Å². The lowest BCUT2D eigenvalue weighted by Crippen LogP contribution is -2.31. The third-order valence-electron chi connectivity index (χ3n) is 2.86. The van der Waals surface area contributed by atoms with Gasteiger partial charge in [0.15, 0.2) is 0 Å². The quantitative estimate of drug-likeness (QED) is 0.672. The van der Waals surface area contributed by atoms with E-state index in [-0.39, 0.29) is 12.0 Å². The monoisotopic (exact) mass is 314 g/mol. The summed E-state index contributed by atoms with van der Waals surface area (Å²) in [7, 11) is 1.40. The van der Waals surface area contributed by atoms with Gasteiger partial charge in [0.1, 0.15) is 10.6 Å². The maximum atomic E-state index is 11.3. The Morgan fingerprint density at radius 2 is 2.44 bits per heavy atom. The molecule has 0 amide bonds. The minimum Gasteiger partial charge on any atom is -0.477 e. The summed E-state index contributed by atoms with van der Waals surface area (Å²) in [6.07, 6.45) is 0.737. The molecule has 1 N–H and O–H groups in total. The standard InChI is InChI=1S/C12H15BrN2O3/c1-17-12(16)9-5-8(6-14-9)7-18-11-4-2-3-10(13)15-11/h2-4,8-9,14H,5-7H2,1H3/t8-,9+/m1/s1. The number of hydrogen-bond acceptors (Lipinski definition) is 5. The van der Waals surface area contributed by atoms with E-state index in [1.54, 1.807) is 0 Å². The lowest BCUT2D eigenvalue weighted by Gasteiger charge is -2.10. The number of ether oxygens (including phenoxy) is 2. The molecule has 0 unspecified atom stereocenters. The zero-order valence-corrected chi connectivity index (χ0v) is 11.6. The number of halogens is 1. The number of nitrogens with zero attached hydrogens (tertiary/aromatic N) is 1. The summed E-state index contributed by atoms with van der Waals surface area (Å²) in [6, 6.07) is 5.32. The van der Waals surface area contributed by atoms with Gasteiger partial charge >= 0.3 is 5.97 Å². The summed E-state index contributed by atoms with van der Waals surface area (Å²) in [6.45, 7) is 1.30. The van der Waals surface area contributed by atoms with Crippen molar-refractivity contribution in [3.63, 3.8) is 0 Å². The van der Waals surface area contributed by atoms with E-state index in [0.29, 0.717) is 18.4 Å². The van der Waals surface area contributed by atoms with E-state index < -0.39 is 0 Å². The fourth-order valence-corrected chi connectivity index (χ4v) is 2.26. The molecular formula is C12H15BrN2O3. The van der Waals surface area contributed by atoms with Crippen LogP contribution in [0.25, 0.3) is 0 Å². The Kier molecular flexibility index (Phi) is 4.54. The molecule has 0 spiro atoms. The molecule has 0 radical (unpaired) electrons. The fraction of sp³-hybridized carbons (Fsp3) is 0.500. The number of hydrogen-bond donors (Lipinski definition) is 1. The Labute approximate surface area is 114 Å². The van der Waals surface area contributed by atoms with E-state index in [4.69, 9.17) is 9.47 Å². The van der Waals surface area contributed by atoms with E-state index in [1.807, 2.05) is 18.2 Å². The first-order valence-corrected chi connectivity index (χ1v) is 6.55. The molecule has 1 aromatic rings. The molecule has 1 saturated heterocycles. The summed E-state index contributed by atoms with van der Waals surface area (Å²) in [5.41, 5.74) is 0. The maximum absolute atomic E-state index is 11.3. The van der Waals surface area contributed by atoms with Gasteiger partial charge in [0, 0.05) is 18.5 Å². The zero-order valence-electron chi connectivity index (χ0n) is 10.1. The third-order valence-corrected chi connectivity index (χ3v) is 3.31. The number of rotatable bonds is 4. The van der Waals surface area contributed by atoms with E-state index in [0.717, 1.165) is 17.6 Å². The van der Waals surface area contributed by atoms with Crippen LogP contribution in [0.5, 0.6) is 5.88 Å². The molecule has 6 heteroatoms. The molecule has 98 valence electrons. The average Bonchev–Trinajstić information content (AvgIpc) is 2.84. The Balaban J connectivity index is 1.80. The average molecular weight is 315 g/mol. The van der Waals surface area contributed by atoms with Crippen molar-refractivity contribution in [2.24, 2.45) is 5.92 Å². The molecule has 1 aromatic heterocycles. The number of aromatic nitrogens is 1. The molecule has 0 aromatic carbocycles. The van der Waals surface area contributed by atoms with Crippen LogP contribution in [0.4, 0.5) is 0 Å². The zero-order chi connectivity index (χ0) is 13.0. The van der Waals surface area contributed by atoms with Crippen LogP contribution in [0.3, 0.4) is 0 Å². The van der Waals surface area contributed by atoms with Crippen LogP contribution in [0, 0.1) is 5.92 Å². The minimum atomic E-state index is -0.210. The van der Waals surface area contributed by atoms with E-state index in [2.05, 4.69) is 26.2 Å². The second-order valence-electron chi connectivity index (χ2n) is 4.20. The van der Waals surface area contributed by atoms with Gasteiger partial charge in [0.05, 0.1) is 13.7 Å². The highest BCUT2D eigenvalue weighted by molar-refractivity contribution is 9.10. The first-order valence-electron chi connectivity index (χ1n) is 5.75. The van der Waals surface area contributed by atoms with Crippen LogP contribution in [0.1, 0.15) is 6.42 Å². The summed E-state index contributed by atoms with van der Waals surface area (Å²) in [5, 5.41) is 3.12. The molecule has 0 bridgehead atoms. The fourth-order valence-electron chi connectivity index (χ4n) is 1.93. The Bertz CT molecular complexity index is 428.